The van der Waals surface area contributed by atoms with Crippen LogP contribution in [0, 0.1) is 11.3 Å². The van der Waals surface area contributed by atoms with Gasteiger partial charge in [-0.25, -0.2) is 4.98 Å². The van der Waals surface area contributed by atoms with Crippen molar-refractivity contribution < 1.29 is 4.79 Å². The van der Waals surface area contributed by atoms with Crippen molar-refractivity contribution in [2.24, 2.45) is 5.92 Å². The van der Waals surface area contributed by atoms with Crippen molar-refractivity contribution in [3.8, 4) is 0 Å². The number of rotatable bonds is 7. The lowest BCUT2D eigenvalue weighted by molar-refractivity contribution is -0.115. The van der Waals surface area contributed by atoms with Crippen LogP contribution in [-0.4, -0.2) is 55.4 Å². The molecule has 1 aromatic rings. The van der Waals surface area contributed by atoms with Gasteiger partial charge in [-0.3, -0.25) is 10.2 Å². The van der Waals surface area contributed by atoms with Gasteiger partial charge in [0.25, 0.3) is 5.91 Å². The van der Waals surface area contributed by atoms with Crippen LogP contribution < -0.4 is 20.9 Å². The Morgan fingerprint density at radius 2 is 1.69 bits per heavy atom. The zero-order valence-corrected chi connectivity index (χ0v) is 19.4. The number of hydrogen-bond donors (Lipinski definition) is 4. The van der Waals surface area contributed by atoms with E-state index in [0.717, 1.165) is 51.4 Å². The topological polar surface area (TPSA) is 93.1 Å². The standard InChI is InChI=1S/C25H40N6O/c26-23(25(32)29-20-12-14-27-15-13-20)21-10-11-22(31-16-6-1-2-7-17-31)30-24(21)28-18-19-8-4-3-5-9-19/h10-11,19-20,26-27H,1-9,12-18H2,(H,28,30)(H,29,32). The van der Waals surface area contributed by atoms with Gasteiger partial charge in [0.2, 0.25) is 0 Å². The summed E-state index contributed by atoms with van der Waals surface area (Å²) < 4.78 is 0. The molecule has 0 unspecified atom stereocenters. The van der Waals surface area contributed by atoms with Crippen LogP contribution in [0.2, 0.25) is 0 Å². The van der Waals surface area contributed by atoms with Gasteiger partial charge in [0.05, 0.1) is 0 Å². The number of aromatic nitrogens is 1. The van der Waals surface area contributed by atoms with Crippen LogP contribution in [0.5, 0.6) is 0 Å². The lowest BCUT2D eigenvalue weighted by Gasteiger charge is -2.26. The van der Waals surface area contributed by atoms with Gasteiger partial charge in [-0.2, -0.15) is 0 Å². The minimum atomic E-state index is -0.290. The molecule has 2 aliphatic heterocycles. The Bertz CT molecular complexity index is 762. The number of nitrogens with one attached hydrogen (secondary N) is 4. The van der Waals surface area contributed by atoms with Gasteiger partial charge in [-0.15, -0.1) is 0 Å². The Hall–Kier alpha value is -2.15. The van der Waals surface area contributed by atoms with Crippen molar-refractivity contribution in [2.45, 2.75) is 76.7 Å². The first kappa shape index (κ1) is 23.0. The molecule has 0 aromatic carbocycles. The van der Waals surface area contributed by atoms with Crippen LogP contribution >= 0.6 is 0 Å². The molecule has 3 fully saturated rings. The molecule has 1 aromatic heterocycles. The summed E-state index contributed by atoms with van der Waals surface area (Å²) in [5.41, 5.74) is 0.635. The molecular weight excluding hydrogens is 400 g/mol. The second-order valence-electron chi connectivity index (χ2n) is 9.72. The summed E-state index contributed by atoms with van der Waals surface area (Å²) in [6.45, 7) is 4.76. The number of nitrogens with zero attached hydrogens (tertiary/aromatic N) is 2. The van der Waals surface area contributed by atoms with E-state index in [1.54, 1.807) is 0 Å². The normalized spacial score (nSPS) is 21.1. The highest BCUT2D eigenvalue weighted by Gasteiger charge is 2.23. The van der Waals surface area contributed by atoms with Gasteiger partial charge in [-0.05, 0) is 69.7 Å². The largest absolute Gasteiger partial charge is 0.369 e. The van der Waals surface area contributed by atoms with E-state index in [1.807, 2.05) is 12.1 Å². The monoisotopic (exact) mass is 440 g/mol. The minimum Gasteiger partial charge on any atom is -0.369 e. The summed E-state index contributed by atoms with van der Waals surface area (Å²) in [5, 5.41) is 18.6. The van der Waals surface area contributed by atoms with Crippen LogP contribution in [0.1, 0.15) is 76.2 Å². The molecule has 3 heterocycles. The minimum absolute atomic E-state index is 0.0181. The molecule has 0 radical (unpaired) electrons. The van der Waals surface area contributed by atoms with Crippen LogP contribution in [-0.2, 0) is 4.79 Å². The van der Waals surface area contributed by atoms with Gasteiger partial charge in [-0.1, -0.05) is 32.1 Å². The molecule has 7 heteroatoms. The molecule has 0 spiro atoms. The number of carbonyl (C=O) groups is 1. The van der Waals surface area contributed by atoms with E-state index in [4.69, 9.17) is 10.4 Å². The smallest absolute Gasteiger partial charge is 0.270 e. The average Bonchev–Trinajstić information content (AvgIpc) is 3.13. The van der Waals surface area contributed by atoms with Crippen molar-refractivity contribution in [2.75, 3.05) is 42.9 Å². The molecule has 0 atom stereocenters. The highest BCUT2D eigenvalue weighted by molar-refractivity contribution is 6.45. The Kier molecular flexibility index (Phi) is 8.37. The Morgan fingerprint density at radius 3 is 2.41 bits per heavy atom. The first-order valence-corrected chi connectivity index (χ1v) is 12.8. The number of piperidine rings is 1. The van der Waals surface area contributed by atoms with Crippen molar-refractivity contribution in [1.82, 2.24) is 15.6 Å². The predicted molar refractivity (Wildman–Crippen MR) is 131 cm³/mol. The second kappa shape index (κ2) is 11.6. The van der Waals surface area contributed by atoms with E-state index in [2.05, 4.69) is 20.9 Å². The van der Waals surface area contributed by atoms with Crippen LogP contribution in [0.3, 0.4) is 0 Å². The zero-order valence-electron chi connectivity index (χ0n) is 19.4. The number of carbonyl (C=O) groups excluding carboxylic acids is 1. The second-order valence-corrected chi connectivity index (χ2v) is 9.72. The molecule has 1 aliphatic carbocycles. The fourth-order valence-electron chi connectivity index (χ4n) is 5.24. The van der Waals surface area contributed by atoms with Crippen molar-refractivity contribution in [3.63, 3.8) is 0 Å². The molecule has 3 aliphatic rings. The Morgan fingerprint density at radius 1 is 1.00 bits per heavy atom. The van der Waals surface area contributed by atoms with Crippen molar-refractivity contribution >= 4 is 23.3 Å². The number of amides is 1. The summed E-state index contributed by atoms with van der Waals surface area (Å²) >= 11 is 0. The molecule has 0 bridgehead atoms. The average molecular weight is 441 g/mol. The van der Waals surface area contributed by atoms with Gasteiger partial charge >= 0.3 is 0 Å². The third kappa shape index (κ3) is 6.21. The highest BCUT2D eigenvalue weighted by Crippen LogP contribution is 2.26. The van der Waals surface area contributed by atoms with E-state index in [0.29, 0.717) is 17.3 Å². The van der Waals surface area contributed by atoms with Gasteiger partial charge in [0, 0.05) is 31.2 Å². The zero-order chi connectivity index (χ0) is 22.2. The number of anilines is 2. The quantitative estimate of drug-likeness (QED) is 0.485. The lowest BCUT2D eigenvalue weighted by atomic mass is 9.89. The molecule has 4 rings (SSSR count). The molecule has 1 saturated carbocycles. The fraction of sp³-hybridized carbons (Fsp3) is 0.720. The first-order chi connectivity index (χ1) is 15.7. The molecular formula is C25H40N6O. The maximum Gasteiger partial charge on any atom is 0.270 e. The van der Waals surface area contributed by atoms with E-state index in [1.165, 1.54) is 57.8 Å². The highest BCUT2D eigenvalue weighted by atomic mass is 16.1. The predicted octanol–water partition coefficient (Wildman–Crippen LogP) is 3.69. The summed E-state index contributed by atoms with van der Waals surface area (Å²) in [4.78, 5) is 20.2. The Labute approximate surface area is 192 Å². The van der Waals surface area contributed by atoms with Crippen molar-refractivity contribution in [1.29, 1.82) is 5.41 Å². The molecule has 32 heavy (non-hydrogen) atoms. The maximum atomic E-state index is 12.9. The lowest BCUT2D eigenvalue weighted by Crippen LogP contribution is -2.45. The molecule has 4 N–H and O–H groups in total. The molecule has 7 nitrogen and oxygen atoms in total. The molecule has 2 saturated heterocycles. The summed E-state index contributed by atoms with van der Waals surface area (Å²) in [7, 11) is 0. The van der Waals surface area contributed by atoms with Gasteiger partial charge in [0.15, 0.2) is 0 Å². The third-order valence-corrected chi connectivity index (χ3v) is 7.26. The fourth-order valence-corrected chi connectivity index (χ4v) is 5.24. The van der Waals surface area contributed by atoms with Crippen LogP contribution in [0.4, 0.5) is 11.6 Å². The van der Waals surface area contributed by atoms with E-state index in [-0.39, 0.29) is 17.7 Å². The van der Waals surface area contributed by atoms with E-state index in [9.17, 15) is 4.79 Å². The van der Waals surface area contributed by atoms with E-state index >= 15 is 0 Å². The van der Waals surface area contributed by atoms with Crippen molar-refractivity contribution in [3.05, 3.63) is 17.7 Å². The van der Waals surface area contributed by atoms with Crippen LogP contribution in [0.25, 0.3) is 0 Å². The number of pyridine rings is 1. The molecule has 1 amide bonds. The maximum absolute atomic E-state index is 12.9. The summed E-state index contributed by atoms with van der Waals surface area (Å²) in [6.07, 6.45) is 13.2. The van der Waals surface area contributed by atoms with Crippen LogP contribution in [0.15, 0.2) is 12.1 Å². The third-order valence-electron chi connectivity index (χ3n) is 7.26. The van der Waals surface area contributed by atoms with E-state index < -0.39 is 0 Å². The van der Waals surface area contributed by atoms with Gasteiger partial charge < -0.3 is 20.9 Å². The molecule has 176 valence electrons. The summed E-state index contributed by atoms with van der Waals surface area (Å²) in [5.74, 6) is 2.02. The summed E-state index contributed by atoms with van der Waals surface area (Å²) in [6, 6.07) is 4.08. The van der Waals surface area contributed by atoms with Gasteiger partial charge in [0.1, 0.15) is 17.3 Å². The Balaban J connectivity index is 1.50. The SMILES string of the molecule is N=C(C(=O)NC1CCNCC1)c1ccc(N2CCCCCC2)nc1NCC1CCCCC1. The first-order valence-electron chi connectivity index (χ1n) is 12.8. The number of hydrogen-bond acceptors (Lipinski definition) is 6.